The molecule has 18 heavy (non-hydrogen) atoms. The van der Waals surface area contributed by atoms with Crippen LogP contribution in [-0.2, 0) is 0 Å². The molecule has 96 valence electrons. The van der Waals surface area contributed by atoms with Crippen LogP contribution >= 0.6 is 0 Å². The molecule has 1 amide bonds. The molecule has 1 aromatic rings. The number of ketones is 1. The second kappa shape index (κ2) is 5.80. The first kappa shape index (κ1) is 12.8. The predicted octanol–water partition coefficient (Wildman–Crippen LogP) is 2.91. The molecule has 1 aromatic carbocycles. The molecule has 0 atom stereocenters. The van der Waals surface area contributed by atoms with E-state index < -0.39 is 0 Å². The van der Waals surface area contributed by atoms with E-state index in [1.54, 1.807) is 24.3 Å². The second-order valence-corrected chi connectivity index (χ2v) is 4.84. The first-order chi connectivity index (χ1) is 8.68. The topological polar surface area (TPSA) is 37.4 Å². The minimum Gasteiger partial charge on any atom is -0.339 e. The Bertz CT molecular complexity index is 428. The zero-order valence-electron chi connectivity index (χ0n) is 10.8. The van der Waals surface area contributed by atoms with Gasteiger partial charge in [-0.25, -0.2) is 0 Å². The largest absolute Gasteiger partial charge is 0.339 e. The number of likely N-dealkylation sites (tertiary alicyclic amines) is 1. The number of carbonyl (C=O) groups excluding carboxylic acids is 2. The van der Waals surface area contributed by atoms with Crippen molar-refractivity contribution in [2.45, 2.75) is 32.6 Å². The monoisotopic (exact) mass is 245 g/mol. The number of carbonyl (C=O) groups is 2. The summed E-state index contributed by atoms with van der Waals surface area (Å²) in [5.41, 5.74) is 1.34. The van der Waals surface area contributed by atoms with Gasteiger partial charge >= 0.3 is 0 Å². The second-order valence-electron chi connectivity index (χ2n) is 4.84. The van der Waals surface area contributed by atoms with Gasteiger partial charge in [-0.05, 0) is 31.9 Å². The van der Waals surface area contributed by atoms with E-state index in [1.807, 2.05) is 4.90 Å². The maximum atomic E-state index is 12.3. The molecule has 1 saturated heterocycles. The molecule has 0 saturated carbocycles. The molecule has 1 aliphatic heterocycles. The minimum absolute atomic E-state index is 0.0313. The fraction of sp³-hybridized carbons (Fsp3) is 0.467. The van der Waals surface area contributed by atoms with Gasteiger partial charge in [0.05, 0.1) is 0 Å². The van der Waals surface area contributed by atoms with E-state index in [4.69, 9.17) is 0 Å². The third-order valence-electron chi connectivity index (χ3n) is 3.43. The van der Waals surface area contributed by atoms with Crippen LogP contribution in [-0.4, -0.2) is 29.7 Å². The Hall–Kier alpha value is -1.64. The molecule has 3 nitrogen and oxygen atoms in total. The van der Waals surface area contributed by atoms with Gasteiger partial charge in [-0.1, -0.05) is 25.0 Å². The summed E-state index contributed by atoms with van der Waals surface area (Å²) in [5, 5.41) is 0. The van der Waals surface area contributed by atoms with E-state index in [2.05, 4.69) is 0 Å². The number of amides is 1. The lowest BCUT2D eigenvalue weighted by molar-refractivity contribution is 0.0761. The Balaban J connectivity index is 2.10. The van der Waals surface area contributed by atoms with Crippen molar-refractivity contribution in [3.8, 4) is 0 Å². The van der Waals surface area contributed by atoms with E-state index in [-0.39, 0.29) is 11.7 Å². The van der Waals surface area contributed by atoms with Crippen LogP contribution in [0.2, 0.25) is 0 Å². The number of benzene rings is 1. The van der Waals surface area contributed by atoms with Gasteiger partial charge < -0.3 is 4.90 Å². The van der Waals surface area contributed by atoms with Gasteiger partial charge in [0.1, 0.15) is 0 Å². The van der Waals surface area contributed by atoms with Crippen LogP contribution < -0.4 is 0 Å². The summed E-state index contributed by atoms with van der Waals surface area (Å²) in [4.78, 5) is 25.4. The number of hydrogen-bond donors (Lipinski definition) is 0. The molecule has 0 radical (unpaired) electrons. The lowest BCUT2D eigenvalue weighted by atomic mass is 10.1. The van der Waals surface area contributed by atoms with Gasteiger partial charge in [-0.3, -0.25) is 9.59 Å². The van der Waals surface area contributed by atoms with Crippen molar-refractivity contribution in [3.05, 3.63) is 35.4 Å². The summed E-state index contributed by atoms with van der Waals surface area (Å²) in [7, 11) is 0. The third kappa shape index (κ3) is 2.97. The fourth-order valence-corrected chi connectivity index (χ4v) is 2.30. The first-order valence-electron chi connectivity index (χ1n) is 6.59. The zero-order chi connectivity index (χ0) is 13.0. The number of hydrogen-bond acceptors (Lipinski definition) is 2. The molecule has 2 rings (SSSR count). The van der Waals surface area contributed by atoms with Crippen molar-refractivity contribution >= 4 is 11.7 Å². The smallest absolute Gasteiger partial charge is 0.253 e. The summed E-state index contributed by atoms with van der Waals surface area (Å²) in [6.45, 7) is 3.24. The van der Waals surface area contributed by atoms with Crippen molar-refractivity contribution in [2.75, 3.05) is 13.1 Å². The zero-order valence-corrected chi connectivity index (χ0v) is 10.8. The normalized spacial score (nSPS) is 16.2. The highest BCUT2D eigenvalue weighted by atomic mass is 16.2. The molecular weight excluding hydrogens is 226 g/mol. The minimum atomic E-state index is 0.0313. The lowest BCUT2D eigenvalue weighted by Gasteiger charge is -2.20. The highest BCUT2D eigenvalue weighted by Gasteiger charge is 2.17. The molecule has 3 heteroatoms. The van der Waals surface area contributed by atoms with Crippen molar-refractivity contribution in [1.29, 1.82) is 0 Å². The molecule has 0 spiro atoms. The summed E-state index contributed by atoms with van der Waals surface area (Å²) >= 11 is 0. The van der Waals surface area contributed by atoms with E-state index in [0.29, 0.717) is 11.1 Å². The molecule has 0 unspecified atom stereocenters. The van der Waals surface area contributed by atoms with Gasteiger partial charge in [0.25, 0.3) is 5.91 Å². The van der Waals surface area contributed by atoms with Crippen LogP contribution in [0.3, 0.4) is 0 Å². The van der Waals surface area contributed by atoms with Crippen LogP contribution in [0.5, 0.6) is 0 Å². The van der Waals surface area contributed by atoms with Crippen molar-refractivity contribution in [3.63, 3.8) is 0 Å². The number of rotatable bonds is 2. The van der Waals surface area contributed by atoms with Gasteiger partial charge in [-0.15, -0.1) is 0 Å². The number of Topliss-reactive ketones (excluding diaryl/α,β-unsaturated/α-hetero) is 1. The van der Waals surface area contributed by atoms with E-state index in [1.165, 1.54) is 19.8 Å². The predicted molar refractivity (Wildman–Crippen MR) is 70.8 cm³/mol. The quantitative estimate of drug-likeness (QED) is 0.751. The van der Waals surface area contributed by atoms with Gasteiger partial charge in [-0.2, -0.15) is 0 Å². The van der Waals surface area contributed by atoms with Gasteiger partial charge in [0.15, 0.2) is 5.78 Å². The van der Waals surface area contributed by atoms with Crippen molar-refractivity contribution in [2.24, 2.45) is 0 Å². The van der Waals surface area contributed by atoms with Crippen LogP contribution in [0.4, 0.5) is 0 Å². The average molecular weight is 245 g/mol. The maximum Gasteiger partial charge on any atom is 0.253 e. The SMILES string of the molecule is CC(=O)c1ccc(C(=O)N2CCCCCC2)cc1. The molecule has 0 N–H and O–H groups in total. The molecule has 1 heterocycles. The molecule has 1 fully saturated rings. The van der Waals surface area contributed by atoms with Crippen LogP contribution in [0.1, 0.15) is 53.3 Å². The van der Waals surface area contributed by atoms with E-state index in [9.17, 15) is 9.59 Å². The first-order valence-corrected chi connectivity index (χ1v) is 6.59. The van der Waals surface area contributed by atoms with Gasteiger partial charge in [0.2, 0.25) is 0 Å². The summed E-state index contributed by atoms with van der Waals surface area (Å²) in [6, 6.07) is 6.97. The van der Waals surface area contributed by atoms with Crippen molar-refractivity contribution < 1.29 is 9.59 Å². The Morgan fingerprint density at radius 1 is 0.889 bits per heavy atom. The summed E-state index contributed by atoms with van der Waals surface area (Å²) < 4.78 is 0. The molecule has 1 aliphatic rings. The Labute approximate surface area is 108 Å². The Morgan fingerprint density at radius 3 is 1.89 bits per heavy atom. The molecular formula is C15H19NO2. The Kier molecular flexibility index (Phi) is 4.13. The van der Waals surface area contributed by atoms with Crippen LogP contribution in [0.25, 0.3) is 0 Å². The highest BCUT2D eigenvalue weighted by molar-refractivity contribution is 5.97. The Morgan fingerprint density at radius 2 is 1.39 bits per heavy atom. The van der Waals surface area contributed by atoms with Gasteiger partial charge in [0, 0.05) is 24.2 Å². The molecule has 0 aliphatic carbocycles. The van der Waals surface area contributed by atoms with Crippen LogP contribution in [0.15, 0.2) is 24.3 Å². The van der Waals surface area contributed by atoms with Crippen molar-refractivity contribution in [1.82, 2.24) is 4.90 Å². The molecule has 0 bridgehead atoms. The summed E-state index contributed by atoms with van der Waals surface area (Å²) in [5.74, 6) is 0.121. The van der Waals surface area contributed by atoms with E-state index >= 15 is 0 Å². The van der Waals surface area contributed by atoms with E-state index in [0.717, 1.165) is 25.9 Å². The summed E-state index contributed by atoms with van der Waals surface area (Å²) in [6.07, 6.45) is 4.62. The molecule has 0 aromatic heterocycles. The maximum absolute atomic E-state index is 12.3. The average Bonchev–Trinajstić information content (AvgIpc) is 2.67. The fourth-order valence-electron chi connectivity index (χ4n) is 2.30. The highest BCUT2D eigenvalue weighted by Crippen LogP contribution is 2.14. The third-order valence-corrected chi connectivity index (χ3v) is 3.43. The standard InChI is InChI=1S/C15H19NO2/c1-12(17)13-6-8-14(9-7-13)15(18)16-10-4-2-3-5-11-16/h6-9H,2-5,10-11H2,1H3. The lowest BCUT2D eigenvalue weighted by Crippen LogP contribution is -2.31. The van der Waals surface area contributed by atoms with Crippen LogP contribution in [0, 0.1) is 0 Å². The number of nitrogens with zero attached hydrogens (tertiary/aromatic N) is 1.